The molecule has 0 spiro atoms. The summed E-state index contributed by atoms with van der Waals surface area (Å²) >= 11 is 0. The van der Waals surface area contributed by atoms with Crippen LogP contribution in [-0.2, 0) is 4.79 Å². The highest BCUT2D eigenvalue weighted by molar-refractivity contribution is 5.88. The highest BCUT2D eigenvalue weighted by Crippen LogP contribution is 2.35. The van der Waals surface area contributed by atoms with Gasteiger partial charge in [-0.25, -0.2) is 0 Å². The van der Waals surface area contributed by atoms with Crippen LogP contribution in [0.25, 0.3) is 0 Å². The summed E-state index contributed by atoms with van der Waals surface area (Å²) in [4.78, 5) is 14.4. The number of carbonyl (C=O) groups is 1. The van der Waals surface area contributed by atoms with Gasteiger partial charge in [0.25, 0.3) is 0 Å². The van der Waals surface area contributed by atoms with Gasteiger partial charge in [0.1, 0.15) is 0 Å². The van der Waals surface area contributed by atoms with Gasteiger partial charge in [0.2, 0.25) is 0 Å². The molecule has 0 radical (unpaired) electrons. The third-order valence-electron chi connectivity index (χ3n) is 3.75. The van der Waals surface area contributed by atoms with E-state index in [9.17, 15) is 4.79 Å². The van der Waals surface area contributed by atoms with Gasteiger partial charge in [-0.3, -0.25) is 9.69 Å². The molecule has 0 bridgehead atoms. The summed E-state index contributed by atoms with van der Waals surface area (Å²) in [5.74, 6) is 1.10. The Morgan fingerprint density at radius 1 is 1.27 bits per heavy atom. The molecule has 0 aromatic heterocycles. The van der Waals surface area contributed by atoms with E-state index in [-0.39, 0.29) is 5.54 Å². The number of likely N-dealkylation sites (N-methyl/N-ethyl adjacent to an activating group) is 1. The summed E-state index contributed by atoms with van der Waals surface area (Å²) < 4.78 is 0. The van der Waals surface area contributed by atoms with E-state index in [0.29, 0.717) is 11.7 Å². The standard InChI is InChI=1S/C13H25NO/c1-11(2)7-8-12(15)13(14(3)4)9-5-6-10-13/h11H,5-10H2,1-4H3. The average molecular weight is 211 g/mol. The molecule has 0 N–H and O–H groups in total. The van der Waals surface area contributed by atoms with Crippen LogP contribution >= 0.6 is 0 Å². The average Bonchev–Trinajstić information content (AvgIpc) is 2.63. The molecule has 1 fully saturated rings. The third kappa shape index (κ3) is 2.81. The fourth-order valence-corrected chi connectivity index (χ4v) is 2.59. The number of hydrogen-bond donors (Lipinski definition) is 0. The predicted octanol–water partition coefficient (Wildman–Crippen LogP) is 2.87. The Kier molecular flexibility index (Phi) is 4.32. The molecule has 1 aliphatic rings. The van der Waals surface area contributed by atoms with E-state index < -0.39 is 0 Å². The van der Waals surface area contributed by atoms with E-state index in [1.165, 1.54) is 12.8 Å². The number of ketones is 1. The quantitative estimate of drug-likeness (QED) is 0.697. The predicted molar refractivity (Wildman–Crippen MR) is 64.0 cm³/mol. The molecule has 2 heteroatoms. The summed E-state index contributed by atoms with van der Waals surface area (Å²) in [6.07, 6.45) is 6.36. The van der Waals surface area contributed by atoms with Crippen LogP contribution in [0.15, 0.2) is 0 Å². The van der Waals surface area contributed by atoms with Crippen molar-refractivity contribution in [1.82, 2.24) is 4.90 Å². The molecular weight excluding hydrogens is 186 g/mol. The molecule has 0 aliphatic heterocycles. The first kappa shape index (κ1) is 12.7. The second kappa shape index (κ2) is 5.11. The molecule has 1 saturated carbocycles. The summed E-state index contributed by atoms with van der Waals surface area (Å²) in [6.45, 7) is 4.37. The van der Waals surface area contributed by atoms with Gasteiger partial charge in [0.15, 0.2) is 5.78 Å². The molecule has 0 amide bonds. The van der Waals surface area contributed by atoms with Crippen LogP contribution in [0.1, 0.15) is 52.4 Å². The van der Waals surface area contributed by atoms with Gasteiger partial charge in [-0.1, -0.05) is 26.7 Å². The molecule has 1 aliphatic carbocycles. The molecule has 88 valence electrons. The molecule has 0 atom stereocenters. The van der Waals surface area contributed by atoms with Gasteiger partial charge < -0.3 is 0 Å². The highest BCUT2D eigenvalue weighted by atomic mass is 16.1. The second-order valence-electron chi connectivity index (χ2n) is 5.49. The van der Waals surface area contributed by atoms with E-state index in [1.54, 1.807) is 0 Å². The Morgan fingerprint density at radius 3 is 2.20 bits per heavy atom. The highest BCUT2D eigenvalue weighted by Gasteiger charge is 2.41. The number of rotatable bonds is 5. The number of Topliss-reactive ketones (excluding diaryl/α,β-unsaturated/α-hetero) is 1. The Bertz CT molecular complexity index is 215. The first-order valence-electron chi connectivity index (χ1n) is 6.20. The lowest BCUT2D eigenvalue weighted by Crippen LogP contribution is -2.48. The zero-order chi connectivity index (χ0) is 11.5. The van der Waals surface area contributed by atoms with Crippen molar-refractivity contribution in [2.45, 2.75) is 57.9 Å². The van der Waals surface area contributed by atoms with Crippen LogP contribution in [-0.4, -0.2) is 30.3 Å². The van der Waals surface area contributed by atoms with Crippen LogP contribution < -0.4 is 0 Å². The first-order valence-corrected chi connectivity index (χ1v) is 6.20. The minimum absolute atomic E-state index is 0.116. The Labute approximate surface area is 94.0 Å². The molecule has 0 heterocycles. The lowest BCUT2D eigenvalue weighted by atomic mass is 9.87. The van der Waals surface area contributed by atoms with E-state index >= 15 is 0 Å². The van der Waals surface area contributed by atoms with Crippen molar-refractivity contribution in [2.24, 2.45) is 5.92 Å². The Hall–Kier alpha value is -0.370. The van der Waals surface area contributed by atoms with Gasteiger partial charge in [0, 0.05) is 6.42 Å². The van der Waals surface area contributed by atoms with E-state index in [4.69, 9.17) is 0 Å². The van der Waals surface area contributed by atoms with E-state index in [2.05, 4.69) is 32.8 Å². The smallest absolute Gasteiger partial charge is 0.153 e. The Balaban J connectivity index is 2.60. The molecule has 0 unspecified atom stereocenters. The van der Waals surface area contributed by atoms with Crippen LogP contribution in [0.5, 0.6) is 0 Å². The van der Waals surface area contributed by atoms with Crippen LogP contribution in [0.4, 0.5) is 0 Å². The zero-order valence-corrected chi connectivity index (χ0v) is 10.7. The molecule has 0 aromatic rings. The van der Waals surface area contributed by atoms with Crippen molar-refractivity contribution in [3.8, 4) is 0 Å². The molecule has 1 rings (SSSR count). The normalized spacial score (nSPS) is 20.1. The maximum atomic E-state index is 12.3. The lowest BCUT2D eigenvalue weighted by molar-refractivity contribution is -0.129. The number of carbonyl (C=O) groups excluding carboxylic acids is 1. The number of nitrogens with zero attached hydrogens (tertiary/aromatic N) is 1. The fourth-order valence-electron chi connectivity index (χ4n) is 2.59. The van der Waals surface area contributed by atoms with Gasteiger partial charge in [-0.15, -0.1) is 0 Å². The lowest BCUT2D eigenvalue weighted by Gasteiger charge is -2.35. The van der Waals surface area contributed by atoms with Gasteiger partial charge >= 0.3 is 0 Å². The van der Waals surface area contributed by atoms with E-state index in [1.807, 2.05) is 0 Å². The molecular formula is C13H25NO. The van der Waals surface area contributed by atoms with Crippen molar-refractivity contribution in [2.75, 3.05) is 14.1 Å². The van der Waals surface area contributed by atoms with Gasteiger partial charge in [0.05, 0.1) is 5.54 Å². The summed E-state index contributed by atoms with van der Waals surface area (Å²) in [5, 5.41) is 0. The number of hydrogen-bond acceptors (Lipinski definition) is 2. The SMILES string of the molecule is CC(C)CCC(=O)C1(N(C)C)CCCC1. The summed E-state index contributed by atoms with van der Waals surface area (Å²) in [5.41, 5.74) is -0.116. The minimum atomic E-state index is -0.116. The van der Waals surface area contributed by atoms with Crippen molar-refractivity contribution < 1.29 is 4.79 Å². The van der Waals surface area contributed by atoms with Gasteiger partial charge in [-0.2, -0.15) is 0 Å². The van der Waals surface area contributed by atoms with Crippen LogP contribution in [0.3, 0.4) is 0 Å². The molecule has 2 nitrogen and oxygen atoms in total. The Morgan fingerprint density at radius 2 is 1.80 bits per heavy atom. The monoisotopic (exact) mass is 211 g/mol. The van der Waals surface area contributed by atoms with Gasteiger partial charge in [-0.05, 0) is 39.3 Å². The second-order valence-corrected chi connectivity index (χ2v) is 5.49. The summed E-state index contributed by atoms with van der Waals surface area (Å²) in [6, 6.07) is 0. The van der Waals surface area contributed by atoms with Crippen molar-refractivity contribution in [1.29, 1.82) is 0 Å². The fraction of sp³-hybridized carbons (Fsp3) is 0.923. The van der Waals surface area contributed by atoms with Crippen molar-refractivity contribution in [3.63, 3.8) is 0 Å². The molecule has 0 aromatic carbocycles. The van der Waals surface area contributed by atoms with Crippen LogP contribution in [0, 0.1) is 5.92 Å². The molecule has 0 saturated heterocycles. The first-order chi connectivity index (χ1) is 6.99. The maximum absolute atomic E-state index is 12.3. The third-order valence-corrected chi connectivity index (χ3v) is 3.75. The maximum Gasteiger partial charge on any atom is 0.153 e. The van der Waals surface area contributed by atoms with Crippen LogP contribution in [0.2, 0.25) is 0 Å². The van der Waals surface area contributed by atoms with Crippen molar-refractivity contribution >= 4 is 5.78 Å². The zero-order valence-electron chi connectivity index (χ0n) is 10.7. The van der Waals surface area contributed by atoms with Crippen molar-refractivity contribution in [3.05, 3.63) is 0 Å². The molecule has 15 heavy (non-hydrogen) atoms. The topological polar surface area (TPSA) is 20.3 Å². The minimum Gasteiger partial charge on any atom is -0.298 e. The van der Waals surface area contributed by atoms with E-state index in [0.717, 1.165) is 25.7 Å². The summed E-state index contributed by atoms with van der Waals surface area (Å²) in [7, 11) is 4.11. The largest absolute Gasteiger partial charge is 0.298 e.